The van der Waals surface area contributed by atoms with Crippen molar-refractivity contribution in [2.24, 2.45) is 0 Å². The fourth-order valence-corrected chi connectivity index (χ4v) is 10.1. The van der Waals surface area contributed by atoms with Crippen molar-refractivity contribution in [3.8, 4) is 16.8 Å². The van der Waals surface area contributed by atoms with Crippen molar-refractivity contribution in [1.29, 1.82) is 0 Å². The predicted molar refractivity (Wildman–Crippen MR) is 197 cm³/mol. The topological polar surface area (TPSA) is 4.93 Å². The van der Waals surface area contributed by atoms with Gasteiger partial charge in [0.1, 0.15) is 0 Å². The lowest BCUT2D eigenvalue weighted by molar-refractivity contribution is 0.726. The summed E-state index contributed by atoms with van der Waals surface area (Å²) in [5.41, 5.74) is 11.5. The van der Waals surface area contributed by atoms with Crippen molar-refractivity contribution < 1.29 is 0 Å². The molecule has 0 atom stereocenters. The molecule has 2 heterocycles. The largest absolute Gasteiger partial charge is 0.309 e. The standard InChI is InChI=1S/C45H27NS/c1-2-13-30-27-31(23-21-28(30)11-1)46-40-26-25-39-44(42(40)35-24-22-29-12-3-4-14-32(29)43(35)46)47-41-20-10-9-19-38(41)45(39)36-17-7-5-15-33(36)34-16-6-8-18-37(34)45/h1-27H. The molecule has 2 heteroatoms. The minimum absolute atomic E-state index is 0.396. The summed E-state index contributed by atoms with van der Waals surface area (Å²) >= 11 is 1.94. The van der Waals surface area contributed by atoms with Gasteiger partial charge in [0.05, 0.1) is 16.4 Å². The summed E-state index contributed by atoms with van der Waals surface area (Å²) in [5, 5.41) is 7.66. The molecule has 1 spiro atoms. The smallest absolute Gasteiger partial charge is 0.0735 e. The van der Waals surface area contributed by atoms with Crippen LogP contribution in [0.25, 0.3) is 60.2 Å². The molecular formula is C45H27NS. The van der Waals surface area contributed by atoms with Gasteiger partial charge >= 0.3 is 0 Å². The Balaban J connectivity index is 1.33. The Morgan fingerprint density at radius 1 is 0.447 bits per heavy atom. The zero-order valence-corrected chi connectivity index (χ0v) is 26.3. The maximum atomic E-state index is 2.52. The Kier molecular flexibility index (Phi) is 5.04. The Morgan fingerprint density at radius 3 is 1.89 bits per heavy atom. The zero-order chi connectivity index (χ0) is 30.7. The van der Waals surface area contributed by atoms with Crippen molar-refractivity contribution in [2.75, 3.05) is 0 Å². The molecule has 2 aliphatic rings. The Hall–Kier alpha value is -5.57. The van der Waals surface area contributed by atoms with E-state index in [2.05, 4.69) is 168 Å². The fourth-order valence-electron chi connectivity index (χ4n) is 8.76. The van der Waals surface area contributed by atoms with E-state index in [-0.39, 0.29) is 0 Å². The van der Waals surface area contributed by atoms with Gasteiger partial charge < -0.3 is 4.57 Å². The normalized spacial score (nSPS) is 14.0. The molecule has 218 valence electrons. The summed E-state index contributed by atoms with van der Waals surface area (Å²) in [6, 6.07) is 61.2. The summed E-state index contributed by atoms with van der Waals surface area (Å²) in [6.45, 7) is 0. The molecule has 1 aliphatic heterocycles. The number of hydrogen-bond acceptors (Lipinski definition) is 1. The predicted octanol–water partition coefficient (Wildman–Crippen LogP) is 11.9. The van der Waals surface area contributed by atoms with Crippen LogP contribution in [0.3, 0.4) is 0 Å². The van der Waals surface area contributed by atoms with Gasteiger partial charge in [-0.3, -0.25) is 0 Å². The molecule has 1 aromatic heterocycles. The van der Waals surface area contributed by atoms with Crippen LogP contribution in [0.4, 0.5) is 0 Å². The number of fused-ring (bicyclic) bond motifs is 16. The number of aromatic nitrogens is 1. The molecule has 1 nitrogen and oxygen atoms in total. The highest BCUT2D eigenvalue weighted by Gasteiger charge is 2.50. The van der Waals surface area contributed by atoms with Crippen LogP contribution >= 0.6 is 11.8 Å². The summed E-state index contributed by atoms with van der Waals surface area (Å²) in [5.74, 6) is 0. The number of nitrogens with zero attached hydrogens (tertiary/aromatic N) is 1. The van der Waals surface area contributed by atoms with Crippen LogP contribution in [0.1, 0.15) is 22.3 Å². The lowest BCUT2D eigenvalue weighted by Gasteiger charge is -2.40. The Labute approximate surface area is 276 Å². The van der Waals surface area contributed by atoms with Crippen molar-refractivity contribution in [2.45, 2.75) is 15.2 Å². The second-order valence-corrected chi connectivity index (χ2v) is 13.9. The molecule has 0 saturated carbocycles. The number of benzene rings is 8. The first-order valence-corrected chi connectivity index (χ1v) is 17.1. The van der Waals surface area contributed by atoms with Gasteiger partial charge in [-0.1, -0.05) is 151 Å². The van der Waals surface area contributed by atoms with E-state index in [1.54, 1.807) is 0 Å². The molecule has 11 rings (SSSR count). The minimum atomic E-state index is -0.396. The third-order valence-electron chi connectivity index (χ3n) is 10.6. The Bertz CT molecular complexity index is 2740. The van der Waals surface area contributed by atoms with Crippen molar-refractivity contribution in [3.63, 3.8) is 0 Å². The van der Waals surface area contributed by atoms with Crippen LogP contribution in [-0.4, -0.2) is 4.57 Å². The van der Waals surface area contributed by atoms with E-state index < -0.39 is 5.41 Å². The maximum Gasteiger partial charge on any atom is 0.0735 e. The van der Waals surface area contributed by atoms with Gasteiger partial charge in [-0.15, -0.1) is 0 Å². The van der Waals surface area contributed by atoms with Gasteiger partial charge in [-0.2, -0.15) is 0 Å². The van der Waals surface area contributed by atoms with Gasteiger partial charge in [0.2, 0.25) is 0 Å². The first kappa shape index (κ1) is 25.6. The first-order valence-electron chi connectivity index (χ1n) is 16.3. The van der Waals surface area contributed by atoms with Crippen LogP contribution in [0.2, 0.25) is 0 Å². The van der Waals surface area contributed by atoms with E-state index in [1.807, 2.05) is 11.8 Å². The van der Waals surface area contributed by atoms with Gasteiger partial charge in [0.15, 0.2) is 0 Å². The summed E-state index contributed by atoms with van der Waals surface area (Å²) in [4.78, 5) is 2.68. The third kappa shape index (κ3) is 3.21. The molecule has 0 amide bonds. The van der Waals surface area contributed by atoms with Crippen molar-refractivity contribution >= 4 is 55.1 Å². The van der Waals surface area contributed by atoms with E-state index >= 15 is 0 Å². The van der Waals surface area contributed by atoms with Gasteiger partial charge in [-0.25, -0.2) is 0 Å². The van der Waals surface area contributed by atoms with Gasteiger partial charge in [0.25, 0.3) is 0 Å². The van der Waals surface area contributed by atoms with Gasteiger partial charge in [0, 0.05) is 31.6 Å². The van der Waals surface area contributed by atoms with Gasteiger partial charge in [-0.05, 0) is 73.8 Å². The quantitative estimate of drug-likeness (QED) is 0.178. The van der Waals surface area contributed by atoms with Crippen LogP contribution in [0.5, 0.6) is 0 Å². The highest BCUT2D eigenvalue weighted by Crippen LogP contribution is 2.63. The minimum Gasteiger partial charge on any atom is -0.309 e. The van der Waals surface area contributed by atoms with E-state index in [1.165, 1.54) is 92.2 Å². The molecule has 0 radical (unpaired) electrons. The molecular weight excluding hydrogens is 587 g/mol. The second-order valence-electron chi connectivity index (χ2n) is 12.8. The lowest BCUT2D eigenvalue weighted by Crippen LogP contribution is -2.32. The van der Waals surface area contributed by atoms with Crippen LogP contribution < -0.4 is 0 Å². The summed E-state index contributed by atoms with van der Waals surface area (Å²) in [6.07, 6.45) is 0. The monoisotopic (exact) mass is 613 g/mol. The summed E-state index contributed by atoms with van der Waals surface area (Å²) in [7, 11) is 0. The van der Waals surface area contributed by atoms with E-state index in [0.717, 1.165) is 0 Å². The van der Waals surface area contributed by atoms with Crippen molar-refractivity contribution in [3.05, 3.63) is 186 Å². The summed E-state index contributed by atoms with van der Waals surface area (Å²) < 4.78 is 2.52. The molecule has 9 aromatic rings. The van der Waals surface area contributed by atoms with Crippen LogP contribution in [0, 0.1) is 0 Å². The second kappa shape index (κ2) is 9.25. The molecule has 0 N–H and O–H groups in total. The highest BCUT2D eigenvalue weighted by molar-refractivity contribution is 7.99. The molecule has 0 saturated heterocycles. The average Bonchev–Trinajstić information content (AvgIpc) is 3.63. The van der Waals surface area contributed by atoms with Crippen molar-refractivity contribution in [1.82, 2.24) is 4.57 Å². The van der Waals surface area contributed by atoms with E-state index in [4.69, 9.17) is 0 Å². The fraction of sp³-hybridized carbons (Fsp3) is 0.0222. The molecule has 47 heavy (non-hydrogen) atoms. The molecule has 8 aromatic carbocycles. The average molecular weight is 614 g/mol. The van der Waals surface area contributed by atoms with E-state index in [9.17, 15) is 0 Å². The van der Waals surface area contributed by atoms with Crippen LogP contribution in [0.15, 0.2) is 174 Å². The molecule has 0 bridgehead atoms. The maximum absolute atomic E-state index is 2.52. The molecule has 0 unspecified atom stereocenters. The molecule has 0 fully saturated rings. The molecule has 1 aliphatic carbocycles. The lowest BCUT2D eigenvalue weighted by atomic mass is 9.67. The van der Waals surface area contributed by atoms with E-state index in [0.29, 0.717) is 0 Å². The Morgan fingerprint density at radius 2 is 1.09 bits per heavy atom. The zero-order valence-electron chi connectivity index (χ0n) is 25.4. The number of rotatable bonds is 1. The SMILES string of the molecule is c1ccc2c(c1)Sc1c(ccc3c1c1ccc4ccccc4c1n3-c1ccc3ccccc3c1)C21c2ccccc2-c2ccccc21. The first-order chi connectivity index (χ1) is 23.3. The third-order valence-corrected chi connectivity index (χ3v) is 11.8. The highest BCUT2D eigenvalue weighted by atomic mass is 32.2. The number of hydrogen-bond donors (Lipinski definition) is 0. The van der Waals surface area contributed by atoms with Crippen LogP contribution in [-0.2, 0) is 5.41 Å².